The van der Waals surface area contributed by atoms with Crippen molar-refractivity contribution >= 4 is 17.2 Å². The van der Waals surface area contributed by atoms with Gasteiger partial charge in [0.15, 0.2) is 0 Å². The summed E-state index contributed by atoms with van der Waals surface area (Å²) in [5.41, 5.74) is 2.39. The molecule has 1 N–H and O–H groups in total. The second-order valence-corrected chi connectivity index (χ2v) is 4.55. The molecule has 0 aliphatic carbocycles. The van der Waals surface area contributed by atoms with Crippen LogP contribution in [0, 0.1) is 13.8 Å². The van der Waals surface area contributed by atoms with Gasteiger partial charge in [0.1, 0.15) is 5.82 Å². The maximum Gasteiger partial charge on any atom is 0.126 e. The number of thiophene rings is 1. The molecule has 0 fully saturated rings. The summed E-state index contributed by atoms with van der Waals surface area (Å²) < 4.78 is 0. The molecule has 0 amide bonds. The summed E-state index contributed by atoms with van der Waals surface area (Å²) in [7, 11) is 0. The number of hydrogen-bond donors (Lipinski definition) is 1. The first-order chi connectivity index (χ1) is 7.25. The molecule has 0 saturated carbocycles. The molecule has 78 valence electrons. The van der Waals surface area contributed by atoms with Gasteiger partial charge in [0, 0.05) is 10.6 Å². The largest absolute Gasteiger partial charge is 0.365 e. The number of nitrogens with zero attached hydrogens (tertiary/aromatic N) is 1. The molecular weight excluding hydrogens is 204 g/mol. The first-order valence-corrected chi connectivity index (χ1v) is 5.84. The fraction of sp³-hybridized carbons (Fsp3) is 0.250. The Morgan fingerprint density at radius 3 is 2.80 bits per heavy atom. The van der Waals surface area contributed by atoms with E-state index < -0.39 is 0 Å². The van der Waals surface area contributed by atoms with Crippen molar-refractivity contribution in [1.82, 2.24) is 4.98 Å². The second kappa shape index (κ2) is 4.45. The zero-order valence-corrected chi connectivity index (χ0v) is 9.77. The van der Waals surface area contributed by atoms with Gasteiger partial charge >= 0.3 is 0 Å². The molecule has 0 spiro atoms. The summed E-state index contributed by atoms with van der Waals surface area (Å²) in [6, 6.07) is 8.16. The Hall–Kier alpha value is -1.35. The number of nitrogens with one attached hydrogen (secondary N) is 1. The highest BCUT2D eigenvalue weighted by atomic mass is 32.1. The standard InChI is InChI=1S/C12H14N2S/c1-9-6-7-15-11(9)8-13-12-5-3-4-10(2)14-12/h3-7H,8H2,1-2H3,(H,13,14). The predicted molar refractivity (Wildman–Crippen MR) is 65.4 cm³/mol. The summed E-state index contributed by atoms with van der Waals surface area (Å²) in [4.78, 5) is 5.77. The molecule has 0 aliphatic heterocycles. The van der Waals surface area contributed by atoms with Crippen LogP contribution in [-0.2, 0) is 6.54 Å². The lowest BCUT2D eigenvalue weighted by Crippen LogP contribution is -2.01. The van der Waals surface area contributed by atoms with Gasteiger partial charge in [-0.25, -0.2) is 4.98 Å². The summed E-state index contributed by atoms with van der Waals surface area (Å²) in [5, 5.41) is 5.45. The molecule has 0 saturated heterocycles. The van der Waals surface area contributed by atoms with Crippen molar-refractivity contribution in [3.63, 3.8) is 0 Å². The van der Waals surface area contributed by atoms with Gasteiger partial charge in [-0.15, -0.1) is 11.3 Å². The minimum absolute atomic E-state index is 0.861. The molecule has 0 unspecified atom stereocenters. The van der Waals surface area contributed by atoms with Gasteiger partial charge in [0.25, 0.3) is 0 Å². The van der Waals surface area contributed by atoms with E-state index in [1.165, 1.54) is 10.4 Å². The lowest BCUT2D eigenvalue weighted by atomic mass is 10.3. The molecule has 0 aliphatic rings. The van der Waals surface area contributed by atoms with Crippen LogP contribution in [0.2, 0.25) is 0 Å². The van der Waals surface area contributed by atoms with Gasteiger partial charge in [-0.05, 0) is 43.0 Å². The van der Waals surface area contributed by atoms with Gasteiger partial charge in [0.2, 0.25) is 0 Å². The zero-order valence-electron chi connectivity index (χ0n) is 8.95. The van der Waals surface area contributed by atoms with Crippen molar-refractivity contribution < 1.29 is 0 Å². The fourth-order valence-electron chi connectivity index (χ4n) is 1.40. The van der Waals surface area contributed by atoms with Crippen molar-refractivity contribution in [3.8, 4) is 0 Å². The smallest absolute Gasteiger partial charge is 0.126 e. The van der Waals surface area contributed by atoms with E-state index in [2.05, 4.69) is 28.7 Å². The van der Waals surface area contributed by atoms with Crippen LogP contribution in [0.15, 0.2) is 29.6 Å². The average molecular weight is 218 g/mol. The first kappa shape index (κ1) is 10.2. The molecule has 2 rings (SSSR count). The lowest BCUT2D eigenvalue weighted by Gasteiger charge is -2.05. The Balaban J connectivity index is 2.02. The zero-order chi connectivity index (χ0) is 10.7. The van der Waals surface area contributed by atoms with E-state index in [1.807, 2.05) is 25.1 Å². The minimum atomic E-state index is 0.861. The van der Waals surface area contributed by atoms with E-state index in [0.717, 1.165) is 18.1 Å². The number of rotatable bonds is 3. The van der Waals surface area contributed by atoms with Gasteiger partial charge in [0.05, 0.1) is 6.54 Å². The quantitative estimate of drug-likeness (QED) is 0.854. The SMILES string of the molecule is Cc1cccc(NCc2sccc2C)n1. The lowest BCUT2D eigenvalue weighted by molar-refractivity contribution is 1.10. The van der Waals surface area contributed by atoms with E-state index in [-0.39, 0.29) is 0 Å². The second-order valence-electron chi connectivity index (χ2n) is 3.54. The van der Waals surface area contributed by atoms with Gasteiger partial charge < -0.3 is 5.32 Å². The highest BCUT2D eigenvalue weighted by Crippen LogP contribution is 2.16. The Labute approximate surface area is 94.0 Å². The third kappa shape index (κ3) is 2.57. The van der Waals surface area contributed by atoms with Gasteiger partial charge in [-0.3, -0.25) is 0 Å². The topological polar surface area (TPSA) is 24.9 Å². The maximum absolute atomic E-state index is 4.40. The van der Waals surface area contributed by atoms with Crippen LogP contribution in [-0.4, -0.2) is 4.98 Å². The molecule has 2 heterocycles. The fourth-order valence-corrected chi connectivity index (χ4v) is 2.24. The molecule has 0 radical (unpaired) electrons. The number of aryl methyl sites for hydroxylation is 2. The van der Waals surface area contributed by atoms with E-state index in [9.17, 15) is 0 Å². The minimum Gasteiger partial charge on any atom is -0.365 e. The molecule has 15 heavy (non-hydrogen) atoms. The van der Waals surface area contributed by atoms with Crippen LogP contribution in [0.3, 0.4) is 0 Å². The van der Waals surface area contributed by atoms with Crippen LogP contribution in [0.5, 0.6) is 0 Å². The Morgan fingerprint density at radius 2 is 2.13 bits per heavy atom. The number of anilines is 1. The number of aromatic nitrogens is 1. The number of hydrogen-bond acceptors (Lipinski definition) is 3. The van der Waals surface area contributed by atoms with E-state index in [0.29, 0.717) is 0 Å². The van der Waals surface area contributed by atoms with Gasteiger partial charge in [-0.2, -0.15) is 0 Å². The van der Waals surface area contributed by atoms with Crippen molar-refractivity contribution in [2.75, 3.05) is 5.32 Å². The van der Waals surface area contributed by atoms with Gasteiger partial charge in [-0.1, -0.05) is 6.07 Å². The van der Waals surface area contributed by atoms with Crippen LogP contribution >= 0.6 is 11.3 Å². The van der Waals surface area contributed by atoms with Crippen LogP contribution in [0.25, 0.3) is 0 Å². The molecule has 3 heteroatoms. The summed E-state index contributed by atoms with van der Waals surface area (Å²) in [6.07, 6.45) is 0. The summed E-state index contributed by atoms with van der Waals surface area (Å²) >= 11 is 1.78. The average Bonchev–Trinajstić information content (AvgIpc) is 2.61. The van der Waals surface area contributed by atoms with Crippen LogP contribution < -0.4 is 5.32 Å². The van der Waals surface area contributed by atoms with Crippen molar-refractivity contribution in [1.29, 1.82) is 0 Å². The molecular formula is C12H14N2S. The highest BCUT2D eigenvalue weighted by Gasteiger charge is 1.99. The third-order valence-electron chi connectivity index (χ3n) is 2.29. The third-order valence-corrected chi connectivity index (χ3v) is 3.31. The predicted octanol–water partition coefficient (Wildman–Crippen LogP) is 3.37. The first-order valence-electron chi connectivity index (χ1n) is 4.96. The molecule has 0 bridgehead atoms. The van der Waals surface area contributed by atoms with Crippen molar-refractivity contribution in [2.24, 2.45) is 0 Å². The van der Waals surface area contributed by atoms with Crippen molar-refractivity contribution in [3.05, 3.63) is 45.8 Å². The Bertz CT molecular complexity index is 448. The molecule has 2 nitrogen and oxygen atoms in total. The van der Waals surface area contributed by atoms with E-state index in [1.54, 1.807) is 11.3 Å². The normalized spacial score (nSPS) is 10.3. The monoisotopic (exact) mass is 218 g/mol. The molecule has 0 atom stereocenters. The summed E-state index contributed by atoms with van der Waals surface area (Å²) in [5.74, 6) is 0.947. The van der Waals surface area contributed by atoms with Crippen molar-refractivity contribution in [2.45, 2.75) is 20.4 Å². The van der Waals surface area contributed by atoms with Crippen LogP contribution in [0.1, 0.15) is 16.1 Å². The molecule has 2 aromatic rings. The highest BCUT2D eigenvalue weighted by molar-refractivity contribution is 7.10. The maximum atomic E-state index is 4.40. The molecule has 0 aromatic carbocycles. The summed E-state index contributed by atoms with van der Waals surface area (Å²) in [6.45, 7) is 5.00. The Kier molecular flexibility index (Phi) is 3.02. The number of pyridine rings is 1. The van der Waals surface area contributed by atoms with E-state index >= 15 is 0 Å². The van der Waals surface area contributed by atoms with Crippen LogP contribution in [0.4, 0.5) is 5.82 Å². The Morgan fingerprint density at radius 1 is 1.27 bits per heavy atom. The van der Waals surface area contributed by atoms with E-state index in [4.69, 9.17) is 0 Å². The molecule has 2 aromatic heterocycles.